The van der Waals surface area contributed by atoms with Crippen molar-refractivity contribution < 1.29 is 14.3 Å². The Labute approximate surface area is 243 Å². The Morgan fingerprint density at radius 2 is 1.90 bits per heavy atom. The van der Waals surface area contributed by atoms with Crippen LogP contribution < -0.4 is 25.2 Å². The summed E-state index contributed by atoms with van der Waals surface area (Å²) in [7, 11) is 5.49. The molecule has 1 aliphatic carbocycles. The lowest BCUT2D eigenvalue weighted by Crippen LogP contribution is -2.43. The minimum Gasteiger partial charge on any atom is -0.495 e. The summed E-state index contributed by atoms with van der Waals surface area (Å²) in [6.07, 6.45) is 11.8. The van der Waals surface area contributed by atoms with Crippen molar-refractivity contribution in [3.8, 4) is 5.75 Å². The van der Waals surface area contributed by atoms with Crippen LogP contribution >= 0.6 is 0 Å². The van der Waals surface area contributed by atoms with Crippen molar-refractivity contribution in [3.63, 3.8) is 0 Å². The minimum atomic E-state index is -0.182. The molecule has 0 radical (unpaired) electrons. The number of methoxy groups -OCH3 is 1. The van der Waals surface area contributed by atoms with Crippen LogP contribution in [0.3, 0.4) is 0 Å². The molecule has 10 nitrogen and oxygen atoms in total. The standard InChI is InChI=1S/C31H43N7O3/c1-5-9-22-20-38(24-10-7-6-8-11-24)28-26(37(3)30(22)40)19-32-31(35-28)34-25-13-12-21(18-27(25)41-4)29(39)33-23-14-16-36(2)17-15-23/h5,12-13,18-19,22-24H,1,6-11,14-17,20H2,2-4H3,(H,33,39)(H,32,34,35). The van der Waals surface area contributed by atoms with Gasteiger partial charge in [-0.3, -0.25) is 9.59 Å². The number of benzene rings is 1. The zero-order chi connectivity index (χ0) is 28.9. The average molecular weight is 562 g/mol. The quantitative estimate of drug-likeness (QED) is 0.459. The molecule has 2 amide bonds. The molecule has 2 fully saturated rings. The summed E-state index contributed by atoms with van der Waals surface area (Å²) >= 11 is 0. The number of anilines is 4. The van der Waals surface area contributed by atoms with Gasteiger partial charge in [0.25, 0.3) is 5.91 Å². The second-order valence-electron chi connectivity index (χ2n) is 11.6. The number of ether oxygens (including phenoxy) is 1. The molecule has 220 valence electrons. The van der Waals surface area contributed by atoms with Gasteiger partial charge in [-0.2, -0.15) is 4.98 Å². The second-order valence-corrected chi connectivity index (χ2v) is 11.6. The summed E-state index contributed by atoms with van der Waals surface area (Å²) in [4.78, 5) is 42.2. The smallest absolute Gasteiger partial charge is 0.251 e. The molecule has 3 aliphatic rings. The Morgan fingerprint density at radius 1 is 1.15 bits per heavy atom. The van der Waals surface area contributed by atoms with Crippen LogP contribution in [0.1, 0.15) is 61.7 Å². The van der Waals surface area contributed by atoms with E-state index < -0.39 is 0 Å². The molecular weight excluding hydrogens is 518 g/mol. The van der Waals surface area contributed by atoms with Gasteiger partial charge in [-0.05, 0) is 70.4 Å². The molecule has 0 bridgehead atoms. The molecule has 1 saturated carbocycles. The second kappa shape index (κ2) is 12.9. The molecule has 1 aromatic carbocycles. The van der Waals surface area contributed by atoms with E-state index in [1.807, 2.05) is 12.1 Å². The van der Waals surface area contributed by atoms with Crippen LogP contribution in [0, 0.1) is 5.92 Å². The third-order valence-electron chi connectivity index (χ3n) is 8.71. The van der Waals surface area contributed by atoms with Crippen molar-refractivity contribution in [2.45, 2.75) is 63.5 Å². The van der Waals surface area contributed by atoms with Gasteiger partial charge in [0.15, 0.2) is 5.82 Å². The average Bonchev–Trinajstić information content (AvgIpc) is 3.09. The van der Waals surface area contributed by atoms with Gasteiger partial charge in [0.05, 0.1) is 24.9 Å². The predicted octanol–water partition coefficient (Wildman–Crippen LogP) is 4.36. The van der Waals surface area contributed by atoms with E-state index >= 15 is 0 Å². The summed E-state index contributed by atoms with van der Waals surface area (Å²) in [5.41, 5.74) is 1.92. The third-order valence-corrected chi connectivity index (χ3v) is 8.71. The van der Waals surface area contributed by atoms with Crippen molar-refractivity contribution in [2.24, 2.45) is 5.92 Å². The molecular formula is C31H43N7O3. The van der Waals surface area contributed by atoms with Gasteiger partial charge in [-0.25, -0.2) is 4.98 Å². The number of hydrogen-bond acceptors (Lipinski definition) is 8. The first-order chi connectivity index (χ1) is 19.9. The highest BCUT2D eigenvalue weighted by atomic mass is 16.5. The normalized spacial score (nSPS) is 20.8. The number of carbonyl (C=O) groups excluding carboxylic acids is 2. The fourth-order valence-corrected chi connectivity index (χ4v) is 6.24. The topological polar surface area (TPSA) is 103 Å². The van der Waals surface area contributed by atoms with Crippen molar-refractivity contribution in [2.75, 3.05) is 56.0 Å². The highest BCUT2D eigenvalue weighted by Crippen LogP contribution is 2.38. The molecule has 3 heterocycles. The van der Waals surface area contributed by atoms with Crippen molar-refractivity contribution >= 4 is 35.0 Å². The Hall–Kier alpha value is -3.66. The fourth-order valence-electron chi connectivity index (χ4n) is 6.24. The SMILES string of the molecule is C=CCC1CN(C2CCCCC2)c2nc(Nc3ccc(C(=O)NC4CCN(C)CC4)cc3OC)ncc2N(C)C1=O. The Bertz CT molecular complexity index is 1250. The van der Waals surface area contributed by atoms with Gasteiger partial charge in [0.1, 0.15) is 11.4 Å². The Morgan fingerprint density at radius 3 is 2.61 bits per heavy atom. The van der Waals surface area contributed by atoms with E-state index in [1.165, 1.54) is 19.3 Å². The predicted molar refractivity (Wildman–Crippen MR) is 162 cm³/mol. The highest BCUT2D eigenvalue weighted by molar-refractivity contribution is 5.99. The molecule has 2 N–H and O–H groups in total. The van der Waals surface area contributed by atoms with Crippen molar-refractivity contribution in [1.82, 2.24) is 20.2 Å². The molecule has 5 rings (SSSR count). The number of likely N-dealkylation sites (tertiary alicyclic amines) is 1. The zero-order valence-corrected chi connectivity index (χ0v) is 24.6. The maximum absolute atomic E-state index is 13.3. The molecule has 0 spiro atoms. The molecule has 1 saturated heterocycles. The number of nitrogens with zero attached hydrogens (tertiary/aromatic N) is 5. The fraction of sp³-hybridized carbons (Fsp3) is 0.548. The van der Waals surface area contributed by atoms with Gasteiger partial charge in [0, 0.05) is 31.2 Å². The maximum Gasteiger partial charge on any atom is 0.251 e. The summed E-state index contributed by atoms with van der Waals surface area (Å²) in [5, 5.41) is 6.46. The van der Waals surface area contributed by atoms with Gasteiger partial charge in [0.2, 0.25) is 11.9 Å². The van der Waals surface area contributed by atoms with E-state index in [2.05, 4.69) is 39.0 Å². The van der Waals surface area contributed by atoms with E-state index in [9.17, 15) is 9.59 Å². The van der Waals surface area contributed by atoms with E-state index in [1.54, 1.807) is 37.4 Å². The van der Waals surface area contributed by atoms with Gasteiger partial charge in [-0.1, -0.05) is 25.3 Å². The van der Waals surface area contributed by atoms with Gasteiger partial charge < -0.3 is 30.1 Å². The molecule has 1 unspecified atom stereocenters. The lowest BCUT2D eigenvalue weighted by molar-refractivity contribution is -0.121. The van der Waals surface area contributed by atoms with Crippen LogP contribution in [0.15, 0.2) is 37.1 Å². The van der Waals surface area contributed by atoms with Crippen LogP contribution in [0.5, 0.6) is 5.75 Å². The Balaban J connectivity index is 1.39. The molecule has 1 aromatic heterocycles. The minimum absolute atomic E-state index is 0.0598. The van der Waals surface area contributed by atoms with Crippen LogP contribution in [0.25, 0.3) is 0 Å². The lowest BCUT2D eigenvalue weighted by atomic mass is 9.93. The number of fused-ring (bicyclic) bond motifs is 1. The zero-order valence-electron chi connectivity index (χ0n) is 24.6. The number of piperidine rings is 1. The monoisotopic (exact) mass is 561 g/mol. The summed E-state index contributed by atoms with van der Waals surface area (Å²) in [6.45, 7) is 6.46. The number of hydrogen-bond donors (Lipinski definition) is 2. The first-order valence-corrected chi connectivity index (χ1v) is 14.8. The maximum atomic E-state index is 13.3. The van der Waals surface area contributed by atoms with E-state index in [0.29, 0.717) is 47.6 Å². The number of nitrogens with one attached hydrogen (secondary N) is 2. The van der Waals surface area contributed by atoms with Crippen LogP contribution in [-0.4, -0.2) is 79.6 Å². The largest absolute Gasteiger partial charge is 0.495 e. The molecule has 10 heteroatoms. The lowest BCUT2D eigenvalue weighted by Gasteiger charge is -2.36. The Kier molecular flexibility index (Phi) is 9.07. The third kappa shape index (κ3) is 6.48. The van der Waals surface area contributed by atoms with Crippen LogP contribution in [-0.2, 0) is 4.79 Å². The van der Waals surface area contributed by atoms with Gasteiger partial charge in [-0.15, -0.1) is 6.58 Å². The number of allylic oxidation sites excluding steroid dienone is 1. The van der Waals surface area contributed by atoms with E-state index in [0.717, 1.165) is 44.6 Å². The molecule has 2 aliphatic heterocycles. The number of rotatable bonds is 8. The summed E-state index contributed by atoms with van der Waals surface area (Å²) in [5.74, 6) is 1.49. The summed E-state index contributed by atoms with van der Waals surface area (Å²) in [6, 6.07) is 5.87. The number of aromatic nitrogens is 2. The number of carbonyl (C=O) groups is 2. The number of amides is 2. The van der Waals surface area contributed by atoms with E-state index in [-0.39, 0.29) is 23.8 Å². The molecule has 1 atom stereocenters. The van der Waals surface area contributed by atoms with Crippen LogP contribution in [0.2, 0.25) is 0 Å². The van der Waals surface area contributed by atoms with Crippen LogP contribution in [0.4, 0.5) is 23.1 Å². The molecule has 41 heavy (non-hydrogen) atoms. The van der Waals surface area contributed by atoms with Crippen molar-refractivity contribution in [1.29, 1.82) is 0 Å². The first kappa shape index (κ1) is 28.9. The van der Waals surface area contributed by atoms with Gasteiger partial charge >= 0.3 is 0 Å². The van der Waals surface area contributed by atoms with Crippen molar-refractivity contribution in [3.05, 3.63) is 42.6 Å². The first-order valence-electron chi connectivity index (χ1n) is 14.8. The molecule has 2 aromatic rings. The summed E-state index contributed by atoms with van der Waals surface area (Å²) < 4.78 is 5.66. The highest BCUT2D eigenvalue weighted by Gasteiger charge is 2.36. The van der Waals surface area contributed by atoms with E-state index in [4.69, 9.17) is 9.72 Å².